The van der Waals surface area contributed by atoms with Crippen LogP contribution in [0.25, 0.3) is 22.3 Å². The Morgan fingerprint density at radius 2 is 1.25 bits per heavy atom. The number of nitrogens with zero attached hydrogens (tertiary/aromatic N) is 1. The molecule has 0 aliphatic carbocycles. The van der Waals surface area contributed by atoms with Gasteiger partial charge in [0.05, 0.1) is 13.2 Å². The van der Waals surface area contributed by atoms with Crippen LogP contribution in [0.5, 0.6) is 5.75 Å². The summed E-state index contributed by atoms with van der Waals surface area (Å²) in [5.74, 6) is -9.18. The highest BCUT2D eigenvalue weighted by molar-refractivity contribution is 5.67. The molecule has 4 aromatic rings. The minimum absolute atomic E-state index is 0.187. The van der Waals surface area contributed by atoms with E-state index in [4.69, 9.17) is 19.5 Å². The molecule has 1 fully saturated rings. The highest BCUT2D eigenvalue weighted by Crippen LogP contribution is 2.39. The van der Waals surface area contributed by atoms with E-state index in [0.717, 1.165) is 18.2 Å². The summed E-state index contributed by atoms with van der Waals surface area (Å²) in [6.07, 6.45) is -5.89. The Morgan fingerprint density at radius 3 is 1.75 bits per heavy atom. The maximum absolute atomic E-state index is 15.0. The van der Waals surface area contributed by atoms with Crippen molar-refractivity contribution in [1.82, 2.24) is 0 Å². The van der Waals surface area contributed by atoms with Gasteiger partial charge in [0.1, 0.15) is 64.0 Å². The van der Waals surface area contributed by atoms with Crippen molar-refractivity contribution >= 4 is 0 Å². The van der Waals surface area contributed by atoms with Crippen molar-refractivity contribution in [3.05, 3.63) is 112 Å². The minimum atomic E-state index is -4.68. The summed E-state index contributed by atoms with van der Waals surface area (Å²) in [6, 6.07) is 9.28. The number of hydrogen-bond donors (Lipinski definition) is 0. The second-order valence-electron chi connectivity index (χ2n) is 9.60. The average Bonchev–Trinajstić information content (AvgIpc) is 2.96. The number of rotatable bonds is 7. The van der Waals surface area contributed by atoms with E-state index in [0.29, 0.717) is 30.3 Å². The monoisotopic (exact) mass is 621 g/mol. The van der Waals surface area contributed by atoms with E-state index >= 15 is 0 Å². The van der Waals surface area contributed by atoms with Crippen LogP contribution >= 0.6 is 0 Å². The van der Waals surface area contributed by atoms with Gasteiger partial charge in [0.25, 0.3) is 0 Å². The molecule has 1 aliphatic rings. The molecule has 0 aromatic heterocycles. The third-order valence-electron chi connectivity index (χ3n) is 6.76. The second kappa shape index (κ2) is 12.2. The summed E-state index contributed by atoms with van der Waals surface area (Å²) in [4.78, 5) is 0. The molecule has 13 heteroatoms. The van der Waals surface area contributed by atoms with Crippen LogP contribution in [-0.2, 0) is 20.3 Å². The van der Waals surface area contributed by atoms with Crippen LogP contribution in [0.2, 0.25) is 0 Å². The summed E-state index contributed by atoms with van der Waals surface area (Å²) in [7, 11) is 1.48. The van der Waals surface area contributed by atoms with E-state index < -0.39 is 75.3 Å². The standard InChI is InChI=1S/C31H19F8NO4/c1-41-19-13-42-30(43-14-19)15-2-4-20(23(32)6-15)17-9-27(36)29(28(37)10-17)31(38,39)44-18-3-5-21(26(35)11-18)16-7-24(33)22(12-40)25(34)8-16/h2-11,19,30H,13-14H2,1H3. The van der Waals surface area contributed by atoms with Gasteiger partial charge in [0.15, 0.2) is 6.29 Å². The molecular formula is C31H19F8NO4. The van der Waals surface area contributed by atoms with Crippen LogP contribution in [0.3, 0.4) is 0 Å². The molecule has 4 aromatic carbocycles. The predicted molar refractivity (Wildman–Crippen MR) is 138 cm³/mol. The molecule has 0 radical (unpaired) electrons. The quantitative estimate of drug-likeness (QED) is 0.196. The fraction of sp³-hybridized carbons (Fsp3) is 0.194. The highest BCUT2D eigenvalue weighted by atomic mass is 19.3. The Hall–Kier alpha value is -4.51. The van der Waals surface area contributed by atoms with E-state index in [-0.39, 0.29) is 36.0 Å². The molecule has 5 nitrogen and oxygen atoms in total. The summed E-state index contributed by atoms with van der Waals surface area (Å²) in [5.41, 5.74) is -3.93. The Kier molecular flexibility index (Phi) is 8.60. The molecule has 1 saturated heterocycles. The number of benzene rings is 4. The Labute approximate surface area is 244 Å². The van der Waals surface area contributed by atoms with Gasteiger partial charge in [0, 0.05) is 29.9 Å². The van der Waals surface area contributed by atoms with E-state index in [1.807, 2.05) is 0 Å². The Bertz CT molecular complexity index is 1720. The third kappa shape index (κ3) is 6.10. The first-order chi connectivity index (χ1) is 20.9. The van der Waals surface area contributed by atoms with Gasteiger partial charge in [-0.3, -0.25) is 0 Å². The topological polar surface area (TPSA) is 60.7 Å². The van der Waals surface area contributed by atoms with Crippen molar-refractivity contribution in [2.75, 3.05) is 20.3 Å². The van der Waals surface area contributed by atoms with Crippen LogP contribution in [0.1, 0.15) is 23.0 Å². The lowest BCUT2D eigenvalue weighted by Crippen LogP contribution is -2.32. The predicted octanol–water partition coefficient (Wildman–Crippen LogP) is 7.92. The van der Waals surface area contributed by atoms with E-state index in [1.165, 1.54) is 25.3 Å². The Balaban J connectivity index is 1.37. The van der Waals surface area contributed by atoms with Crippen LogP contribution in [0, 0.1) is 46.2 Å². The molecule has 0 atom stereocenters. The zero-order chi connectivity index (χ0) is 31.8. The summed E-state index contributed by atoms with van der Waals surface area (Å²) >= 11 is 0. The molecular weight excluding hydrogens is 602 g/mol. The molecule has 1 aliphatic heterocycles. The lowest BCUT2D eigenvalue weighted by atomic mass is 10.00. The number of halogens is 8. The first-order valence-electron chi connectivity index (χ1n) is 12.7. The highest BCUT2D eigenvalue weighted by Gasteiger charge is 2.41. The molecule has 0 bridgehead atoms. The summed E-state index contributed by atoms with van der Waals surface area (Å²) in [5, 5.41) is 8.77. The maximum atomic E-state index is 15.0. The van der Waals surface area contributed by atoms with Gasteiger partial charge < -0.3 is 18.9 Å². The third-order valence-corrected chi connectivity index (χ3v) is 6.76. The first kappa shape index (κ1) is 30.9. The minimum Gasteiger partial charge on any atom is -0.429 e. The first-order valence-corrected chi connectivity index (χ1v) is 12.7. The lowest BCUT2D eigenvalue weighted by molar-refractivity contribution is -0.225. The van der Waals surface area contributed by atoms with Crippen LogP contribution < -0.4 is 4.74 Å². The molecule has 0 N–H and O–H groups in total. The smallest absolute Gasteiger partial charge is 0.429 e. The maximum Gasteiger partial charge on any atom is 0.432 e. The lowest BCUT2D eigenvalue weighted by Gasteiger charge is -2.28. The number of methoxy groups -OCH3 is 1. The normalized spacial score (nSPS) is 16.9. The molecule has 1 heterocycles. The number of hydrogen-bond acceptors (Lipinski definition) is 5. The second-order valence-corrected chi connectivity index (χ2v) is 9.60. The number of alkyl halides is 2. The van der Waals surface area contributed by atoms with Gasteiger partial charge in [-0.2, -0.15) is 14.0 Å². The molecule has 0 amide bonds. The van der Waals surface area contributed by atoms with Crippen LogP contribution in [-0.4, -0.2) is 26.4 Å². The summed E-state index contributed by atoms with van der Waals surface area (Å²) in [6.45, 7) is 0.374. The van der Waals surface area contributed by atoms with Crippen molar-refractivity contribution in [2.45, 2.75) is 18.5 Å². The van der Waals surface area contributed by atoms with Gasteiger partial charge in [0.2, 0.25) is 0 Å². The fourth-order valence-electron chi connectivity index (χ4n) is 4.56. The van der Waals surface area contributed by atoms with Gasteiger partial charge in [-0.1, -0.05) is 12.1 Å². The fourth-order valence-corrected chi connectivity index (χ4v) is 4.56. The summed E-state index contributed by atoms with van der Waals surface area (Å²) < 4.78 is 138. The SMILES string of the molecule is COC1COC(c2ccc(-c3cc(F)c(C(F)(F)Oc4ccc(-c5cc(F)c(C#N)c(F)c5)c(F)c4)c(F)c3)c(F)c2)OC1. The van der Waals surface area contributed by atoms with E-state index in [2.05, 4.69) is 4.74 Å². The zero-order valence-electron chi connectivity index (χ0n) is 22.4. The zero-order valence-corrected chi connectivity index (χ0v) is 22.4. The number of nitriles is 1. The molecule has 0 spiro atoms. The van der Waals surface area contributed by atoms with E-state index in [1.54, 1.807) is 0 Å². The van der Waals surface area contributed by atoms with E-state index in [9.17, 15) is 35.1 Å². The molecule has 5 rings (SSSR count). The van der Waals surface area contributed by atoms with Gasteiger partial charge in [-0.25, -0.2) is 26.3 Å². The van der Waals surface area contributed by atoms with Gasteiger partial charge in [-0.15, -0.1) is 0 Å². The van der Waals surface area contributed by atoms with Crippen molar-refractivity contribution in [2.24, 2.45) is 0 Å². The van der Waals surface area contributed by atoms with Gasteiger partial charge in [-0.05, 0) is 53.6 Å². The Morgan fingerprint density at radius 1 is 0.727 bits per heavy atom. The van der Waals surface area contributed by atoms with Crippen molar-refractivity contribution in [3.63, 3.8) is 0 Å². The molecule has 228 valence electrons. The van der Waals surface area contributed by atoms with Crippen molar-refractivity contribution in [1.29, 1.82) is 5.26 Å². The van der Waals surface area contributed by atoms with Gasteiger partial charge >= 0.3 is 6.11 Å². The number of ether oxygens (including phenoxy) is 4. The van der Waals surface area contributed by atoms with Crippen molar-refractivity contribution in [3.8, 4) is 34.1 Å². The molecule has 44 heavy (non-hydrogen) atoms. The molecule has 0 unspecified atom stereocenters. The van der Waals surface area contributed by atoms with Crippen molar-refractivity contribution < 1.29 is 54.1 Å². The average molecular weight is 621 g/mol. The van der Waals surface area contributed by atoms with Crippen LogP contribution in [0.15, 0.2) is 60.7 Å². The molecule has 0 saturated carbocycles. The largest absolute Gasteiger partial charge is 0.432 e. The van der Waals surface area contributed by atoms with Crippen LogP contribution in [0.4, 0.5) is 35.1 Å².